The fourth-order valence-corrected chi connectivity index (χ4v) is 2.16. The molecule has 0 bridgehead atoms. The summed E-state index contributed by atoms with van der Waals surface area (Å²) in [6, 6.07) is -0.217. The maximum atomic E-state index is 11.7. The predicted molar refractivity (Wildman–Crippen MR) is 64.1 cm³/mol. The number of carbonyl (C=O) groups excluding carboxylic acids is 1. The average Bonchev–Trinajstić information content (AvgIpc) is 2.22. The number of ether oxygens (including phenoxy) is 1. The van der Waals surface area contributed by atoms with Crippen molar-refractivity contribution in [2.45, 2.75) is 57.0 Å². The summed E-state index contributed by atoms with van der Waals surface area (Å²) in [4.78, 5) is 11.7. The Labute approximate surface area is 97.9 Å². The molecular formula is C12H24N2O2. The van der Waals surface area contributed by atoms with Crippen LogP contribution in [0.25, 0.3) is 0 Å². The van der Waals surface area contributed by atoms with E-state index in [9.17, 15) is 4.79 Å². The first kappa shape index (κ1) is 13.5. The Kier molecular flexibility index (Phi) is 6.42. The van der Waals surface area contributed by atoms with Gasteiger partial charge in [0.15, 0.2) is 0 Å². The fraction of sp³-hybridized carbons (Fsp3) is 0.917. The number of amides is 1. The summed E-state index contributed by atoms with van der Waals surface area (Å²) in [5, 5.41) is 3.03. The number of nitrogens with two attached hydrogens (primary N) is 1. The summed E-state index contributed by atoms with van der Waals surface area (Å²) in [7, 11) is 1.56. The summed E-state index contributed by atoms with van der Waals surface area (Å²) < 4.78 is 4.87. The summed E-state index contributed by atoms with van der Waals surface area (Å²) in [6.07, 6.45) is 8.52. The van der Waals surface area contributed by atoms with Gasteiger partial charge in [-0.25, -0.2) is 0 Å². The van der Waals surface area contributed by atoms with Crippen molar-refractivity contribution in [1.82, 2.24) is 5.32 Å². The third kappa shape index (κ3) is 4.94. The first-order chi connectivity index (χ1) is 7.74. The Balaban J connectivity index is 2.29. The molecule has 0 aliphatic heterocycles. The molecule has 16 heavy (non-hydrogen) atoms. The minimum Gasteiger partial charge on any atom is -0.383 e. The van der Waals surface area contributed by atoms with Crippen LogP contribution in [0.15, 0.2) is 0 Å². The lowest BCUT2D eigenvalue weighted by Gasteiger charge is -2.22. The third-order valence-corrected chi connectivity index (χ3v) is 3.13. The molecule has 1 amide bonds. The minimum absolute atomic E-state index is 0.0765. The highest BCUT2D eigenvalue weighted by Gasteiger charge is 2.18. The lowest BCUT2D eigenvalue weighted by Crippen LogP contribution is -2.47. The zero-order chi connectivity index (χ0) is 11.8. The first-order valence-corrected chi connectivity index (χ1v) is 6.29. The molecule has 4 heteroatoms. The van der Waals surface area contributed by atoms with Crippen molar-refractivity contribution in [3.63, 3.8) is 0 Å². The smallest absolute Gasteiger partial charge is 0.239 e. The summed E-state index contributed by atoms with van der Waals surface area (Å²) in [5.74, 6) is -0.0765. The Morgan fingerprint density at radius 3 is 2.44 bits per heavy atom. The second-order valence-corrected chi connectivity index (χ2v) is 4.61. The van der Waals surface area contributed by atoms with E-state index in [1.807, 2.05) is 0 Å². The number of methoxy groups -OCH3 is 1. The van der Waals surface area contributed by atoms with Gasteiger partial charge < -0.3 is 15.8 Å². The van der Waals surface area contributed by atoms with Crippen molar-refractivity contribution < 1.29 is 9.53 Å². The summed E-state index contributed by atoms with van der Waals surface area (Å²) >= 11 is 0. The largest absolute Gasteiger partial charge is 0.383 e. The highest BCUT2D eigenvalue weighted by Crippen LogP contribution is 2.17. The number of hydrogen-bond acceptors (Lipinski definition) is 3. The van der Waals surface area contributed by atoms with Crippen LogP contribution in [-0.4, -0.2) is 31.7 Å². The van der Waals surface area contributed by atoms with Gasteiger partial charge in [-0.1, -0.05) is 32.1 Å². The van der Waals surface area contributed by atoms with Gasteiger partial charge in [0, 0.05) is 13.2 Å². The zero-order valence-corrected chi connectivity index (χ0v) is 10.2. The van der Waals surface area contributed by atoms with Crippen LogP contribution in [0.1, 0.15) is 44.9 Å². The first-order valence-electron chi connectivity index (χ1n) is 6.29. The van der Waals surface area contributed by atoms with Gasteiger partial charge in [0.05, 0.1) is 6.61 Å². The molecule has 1 aliphatic rings. The molecule has 94 valence electrons. The Hall–Kier alpha value is -0.610. The predicted octanol–water partition coefficient (Wildman–Crippen LogP) is 1.19. The van der Waals surface area contributed by atoms with E-state index in [0.29, 0.717) is 12.6 Å². The van der Waals surface area contributed by atoms with Crippen molar-refractivity contribution in [3.8, 4) is 0 Å². The third-order valence-electron chi connectivity index (χ3n) is 3.13. The Morgan fingerprint density at radius 2 is 1.88 bits per heavy atom. The molecule has 0 aromatic heterocycles. The number of carbonyl (C=O) groups is 1. The van der Waals surface area contributed by atoms with Gasteiger partial charge in [-0.2, -0.15) is 0 Å². The Bertz CT molecular complexity index is 201. The van der Waals surface area contributed by atoms with Gasteiger partial charge in [-0.15, -0.1) is 0 Å². The van der Waals surface area contributed by atoms with Crippen molar-refractivity contribution in [1.29, 1.82) is 0 Å². The molecule has 0 aromatic carbocycles. The van der Waals surface area contributed by atoms with Gasteiger partial charge >= 0.3 is 0 Å². The van der Waals surface area contributed by atoms with E-state index in [-0.39, 0.29) is 5.91 Å². The van der Waals surface area contributed by atoms with Crippen LogP contribution in [0.3, 0.4) is 0 Å². The molecule has 0 radical (unpaired) electrons. The molecule has 1 atom stereocenters. The second kappa shape index (κ2) is 7.63. The molecule has 0 saturated heterocycles. The van der Waals surface area contributed by atoms with Crippen LogP contribution in [0.5, 0.6) is 0 Å². The van der Waals surface area contributed by atoms with E-state index in [4.69, 9.17) is 10.5 Å². The van der Waals surface area contributed by atoms with E-state index in [0.717, 1.165) is 12.8 Å². The molecule has 1 saturated carbocycles. The van der Waals surface area contributed by atoms with Crippen molar-refractivity contribution in [3.05, 3.63) is 0 Å². The van der Waals surface area contributed by atoms with Gasteiger partial charge in [-0.05, 0) is 12.8 Å². The van der Waals surface area contributed by atoms with Crippen LogP contribution < -0.4 is 11.1 Å². The molecule has 1 fully saturated rings. The standard InChI is InChI=1S/C12H24N2O2/c1-16-9-11(13)12(15)14-10-7-5-3-2-4-6-8-10/h10-11H,2-9,13H2,1H3,(H,14,15). The molecule has 1 aliphatic carbocycles. The van der Waals surface area contributed by atoms with Crippen molar-refractivity contribution >= 4 is 5.91 Å². The normalized spacial score (nSPS) is 20.9. The monoisotopic (exact) mass is 228 g/mol. The lowest BCUT2D eigenvalue weighted by molar-refractivity contribution is -0.124. The van der Waals surface area contributed by atoms with Crippen molar-refractivity contribution in [2.24, 2.45) is 5.73 Å². The van der Waals surface area contributed by atoms with E-state index in [2.05, 4.69) is 5.32 Å². The highest BCUT2D eigenvalue weighted by atomic mass is 16.5. The van der Waals surface area contributed by atoms with Crippen LogP contribution >= 0.6 is 0 Å². The molecule has 0 heterocycles. The van der Waals surface area contributed by atoms with Crippen LogP contribution in [0.2, 0.25) is 0 Å². The fourth-order valence-electron chi connectivity index (χ4n) is 2.16. The molecule has 1 unspecified atom stereocenters. The van der Waals surface area contributed by atoms with Crippen LogP contribution in [0, 0.1) is 0 Å². The minimum atomic E-state index is -0.532. The van der Waals surface area contributed by atoms with Crippen LogP contribution in [0.4, 0.5) is 0 Å². The van der Waals surface area contributed by atoms with Gasteiger partial charge in [0.25, 0.3) is 0 Å². The maximum Gasteiger partial charge on any atom is 0.239 e. The highest BCUT2D eigenvalue weighted by molar-refractivity contribution is 5.81. The maximum absolute atomic E-state index is 11.7. The quantitative estimate of drug-likeness (QED) is 0.759. The van der Waals surface area contributed by atoms with Crippen molar-refractivity contribution in [2.75, 3.05) is 13.7 Å². The topological polar surface area (TPSA) is 64.3 Å². The molecule has 3 N–H and O–H groups in total. The summed E-state index contributed by atoms with van der Waals surface area (Å²) in [5.41, 5.74) is 5.68. The van der Waals surface area contributed by atoms with Gasteiger partial charge in [-0.3, -0.25) is 4.79 Å². The number of rotatable bonds is 4. The SMILES string of the molecule is COCC(N)C(=O)NC1CCCCCCC1. The molecule has 0 spiro atoms. The van der Waals surface area contributed by atoms with Crippen LogP contribution in [-0.2, 0) is 9.53 Å². The van der Waals surface area contributed by atoms with Gasteiger partial charge in [0.2, 0.25) is 5.91 Å². The van der Waals surface area contributed by atoms with E-state index >= 15 is 0 Å². The number of hydrogen-bond donors (Lipinski definition) is 2. The summed E-state index contributed by atoms with van der Waals surface area (Å²) in [6.45, 7) is 0.290. The molecular weight excluding hydrogens is 204 g/mol. The second-order valence-electron chi connectivity index (χ2n) is 4.61. The number of nitrogens with one attached hydrogen (secondary N) is 1. The van der Waals surface area contributed by atoms with E-state index in [1.54, 1.807) is 7.11 Å². The molecule has 4 nitrogen and oxygen atoms in total. The Morgan fingerprint density at radius 1 is 1.31 bits per heavy atom. The van der Waals surface area contributed by atoms with E-state index in [1.165, 1.54) is 32.1 Å². The average molecular weight is 228 g/mol. The zero-order valence-electron chi connectivity index (χ0n) is 10.2. The van der Waals surface area contributed by atoms with E-state index < -0.39 is 6.04 Å². The molecule has 1 rings (SSSR count). The molecule has 0 aromatic rings. The lowest BCUT2D eigenvalue weighted by atomic mass is 9.96. The van der Waals surface area contributed by atoms with Gasteiger partial charge in [0.1, 0.15) is 6.04 Å².